The van der Waals surface area contributed by atoms with Gasteiger partial charge in [-0.1, -0.05) is 13.8 Å². The van der Waals surface area contributed by atoms with Crippen LogP contribution in [0.2, 0.25) is 0 Å². The molecule has 0 saturated carbocycles. The molecular weight excluding hydrogens is 270 g/mol. The van der Waals surface area contributed by atoms with Crippen LogP contribution in [0.15, 0.2) is 24.3 Å². The highest BCUT2D eigenvalue weighted by Crippen LogP contribution is 2.14. The minimum absolute atomic E-state index is 0.102. The van der Waals surface area contributed by atoms with Crippen LogP contribution >= 0.6 is 0 Å². The molecule has 0 heterocycles. The van der Waals surface area contributed by atoms with Crippen molar-refractivity contribution in [1.82, 2.24) is 5.32 Å². The van der Waals surface area contributed by atoms with Crippen molar-refractivity contribution in [3.05, 3.63) is 29.8 Å². The van der Waals surface area contributed by atoms with Crippen LogP contribution in [-0.4, -0.2) is 36.6 Å². The number of anilines is 1. The van der Waals surface area contributed by atoms with Crippen molar-refractivity contribution in [2.75, 3.05) is 25.0 Å². The first-order valence-corrected chi connectivity index (χ1v) is 6.99. The molecular formula is C15H23N3O3. The zero-order valence-corrected chi connectivity index (χ0v) is 12.4. The summed E-state index contributed by atoms with van der Waals surface area (Å²) in [6.07, 6.45) is 0. The van der Waals surface area contributed by atoms with Gasteiger partial charge in [-0.3, -0.25) is 9.59 Å². The molecule has 116 valence electrons. The van der Waals surface area contributed by atoms with Crippen molar-refractivity contribution in [2.45, 2.75) is 13.8 Å². The van der Waals surface area contributed by atoms with Gasteiger partial charge < -0.3 is 21.5 Å². The van der Waals surface area contributed by atoms with E-state index in [4.69, 9.17) is 10.8 Å². The summed E-state index contributed by atoms with van der Waals surface area (Å²) in [6, 6.07) is 6.57. The highest BCUT2D eigenvalue weighted by Gasteiger charge is 2.20. The van der Waals surface area contributed by atoms with Crippen molar-refractivity contribution in [3.63, 3.8) is 0 Å². The molecule has 0 spiro atoms. The third kappa shape index (κ3) is 5.17. The first-order chi connectivity index (χ1) is 9.99. The molecule has 1 aromatic carbocycles. The molecule has 2 amide bonds. The molecule has 0 bridgehead atoms. The van der Waals surface area contributed by atoms with E-state index in [1.165, 1.54) is 0 Å². The summed E-state index contributed by atoms with van der Waals surface area (Å²) in [5.74, 6) is -0.454. The van der Waals surface area contributed by atoms with E-state index in [2.05, 4.69) is 10.6 Å². The molecule has 1 rings (SSSR count). The average Bonchev–Trinajstić information content (AvgIpc) is 2.45. The zero-order chi connectivity index (χ0) is 15.8. The molecule has 0 fully saturated rings. The van der Waals surface area contributed by atoms with E-state index in [9.17, 15) is 9.59 Å². The SMILES string of the molecule is CC(C)C(CN)C(=O)Nc1ccc(C(=O)NCCO)cc1. The molecule has 1 aromatic rings. The van der Waals surface area contributed by atoms with Gasteiger partial charge in [0.2, 0.25) is 5.91 Å². The van der Waals surface area contributed by atoms with E-state index in [0.29, 0.717) is 17.8 Å². The summed E-state index contributed by atoms with van der Waals surface area (Å²) in [5.41, 5.74) is 6.70. The quantitative estimate of drug-likeness (QED) is 0.590. The van der Waals surface area contributed by atoms with Crippen molar-refractivity contribution >= 4 is 17.5 Å². The predicted octanol–water partition coefficient (Wildman–Crippen LogP) is 0.578. The Labute approximate surface area is 124 Å². The summed E-state index contributed by atoms with van der Waals surface area (Å²) in [4.78, 5) is 23.7. The number of rotatable bonds is 7. The Morgan fingerprint density at radius 2 is 1.86 bits per heavy atom. The van der Waals surface area contributed by atoms with Crippen LogP contribution in [0.25, 0.3) is 0 Å². The van der Waals surface area contributed by atoms with Gasteiger partial charge in [0.25, 0.3) is 5.91 Å². The second kappa shape index (κ2) is 8.39. The lowest BCUT2D eigenvalue weighted by Gasteiger charge is -2.18. The second-order valence-corrected chi connectivity index (χ2v) is 5.13. The Morgan fingerprint density at radius 3 is 2.33 bits per heavy atom. The molecule has 1 atom stereocenters. The number of benzene rings is 1. The molecule has 0 radical (unpaired) electrons. The number of nitrogens with one attached hydrogen (secondary N) is 2. The number of hydrogen-bond donors (Lipinski definition) is 4. The number of amides is 2. The summed E-state index contributed by atoms with van der Waals surface area (Å²) in [6.45, 7) is 4.31. The molecule has 6 heteroatoms. The summed E-state index contributed by atoms with van der Waals surface area (Å²) < 4.78 is 0. The van der Waals surface area contributed by atoms with Crippen molar-refractivity contribution in [3.8, 4) is 0 Å². The maximum atomic E-state index is 12.0. The first-order valence-electron chi connectivity index (χ1n) is 6.99. The van der Waals surface area contributed by atoms with Crippen LogP contribution < -0.4 is 16.4 Å². The monoisotopic (exact) mass is 293 g/mol. The Hall–Kier alpha value is -1.92. The van der Waals surface area contributed by atoms with Gasteiger partial charge >= 0.3 is 0 Å². The van der Waals surface area contributed by atoms with Gasteiger partial charge in [0.05, 0.1) is 12.5 Å². The van der Waals surface area contributed by atoms with Gasteiger partial charge in [0.1, 0.15) is 0 Å². The summed E-state index contributed by atoms with van der Waals surface area (Å²) >= 11 is 0. The van der Waals surface area contributed by atoms with Crippen LogP contribution in [0, 0.1) is 11.8 Å². The fourth-order valence-electron chi connectivity index (χ4n) is 1.89. The Bertz CT molecular complexity index is 472. The standard InChI is InChI=1S/C15H23N3O3/c1-10(2)13(9-16)15(21)18-12-5-3-11(4-6-12)14(20)17-7-8-19/h3-6,10,13,19H,7-9,16H2,1-2H3,(H,17,20)(H,18,21). The van der Waals surface area contributed by atoms with E-state index in [1.54, 1.807) is 24.3 Å². The lowest BCUT2D eigenvalue weighted by atomic mass is 9.95. The highest BCUT2D eigenvalue weighted by atomic mass is 16.3. The molecule has 0 aliphatic rings. The van der Waals surface area contributed by atoms with E-state index in [0.717, 1.165) is 0 Å². The minimum Gasteiger partial charge on any atom is -0.395 e. The Kier molecular flexibility index (Phi) is 6.84. The average molecular weight is 293 g/mol. The van der Waals surface area contributed by atoms with Crippen molar-refractivity contribution in [1.29, 1.82) is 0 Å². The van der Waals surface area contributed by atoms with Crippen LogP contribution in [0.4, 0.5) is 5.69 Å². The zero-order valence-electron chi connectivity index (χ0n) is 12.4. The number of hydrogen-bond acceptors (Lipinski definition) is 4. The molecule has 5 N–H and O–H groups in total. The molecule has 0 aliphatic heterocycles. The van der Waals surface area contributed by atoms with Crippen LogP contribution in [0.1, 0.15) is 24.2 Å². The fraction of sp³-hybridized carbons (Fsp3) is 0.467. The van der Waals surface area contributed by atoms with E-state index < -0.39 is 0 Å². The third-order valence-electron chi connectivity index (χ3n) is 3.21. The maximum absolute atomic E-state index is 12.0. The summed E-state index contributed by atoms with van der Waals surface area (Å²) in [7, 11) is 0. The van der Waals surface area contributed by atoms with Gasteiger partial charge in [0, 0.05) is 24.3 Å². The van der Waals surface area contributed by atoms with Crippen molar-refractivity contribution < 1.29 is 14.7 Å². The Balaban J connectivity index is 2.66. The van der Waals surface area contributed by atoms with Crippen LogP contribution in [-0.2, 0) is 4.79 Å². The Morgan fingerprint density at radius 1 is 1.24 bits per heavy atom. The van der Waals surface area contributed by atoms with E-state index in [-0.39, 0.29) is 36.8 Å². The minimum atomic E-state index is -0.260. The lowest BCUT2D eigenvalue weighted by Crippen LogP contribution is -2.33. The van der Waals surface area contributed by atoms with E-state index in [1.807, 2.05) is 13.8 Å². The lowest BCUT2D eigenvalue weighted by molar-refractivity contribution is -0.120. The van der Waals surface area contributed by atoms with Gasteiger partial charge in [0.15, 0.2) is 0 Å². The molecule has 0 saturated heterocycles. The first kappa shape index (κ1) is 17.1. The molecule has 6 nitrogen and oxygen atoms in total. The topological polar surface area (TPSA) is 104 Å². The number of aliphatic hydroxyl groups is 1. The second-order valence-electron chi connectivity index (χ2n) is 5.13. The normalized spacial score (nSPS) is 12.0. The van der Waals surface area contributed by atoms with E-state index >= 15 is 0 Å². The number of carbonyl (C=O) groups is 2. The third-order valence-corrected chi connectivity index (χ3v) is 3.21. The van der Waals surface area contributed by atoms with Crippen LogP contribution in [0.3, 0.4) is 0 Å². The van der Waals surface area contributed by atoms with Crippen molar-refractivity contribution in [2.24, 2.45) is 17.6 Å². The maximum Gasteiger partial charge on any atom is 0.251 e. The number of nitrogens with two attached hydrogens (primary N) is 1. The van der Waals surface area contributed by atoms with Crippen LogP contribution in [0.5, 0.6) is 0 Å². The molecule has 1 unspecified atom stereocenters. The smallest absolute Gasteiger partial charge is 0.251 e. The predicted molar refractivity (Wildman–Crippen MR) is 81.9 cm³/mol. The molecule has 21 heavy (non-hydrogen) atoms. The van der Waals surface area contributed by atoms with Gasteiger partial charge in [-0.25, -0.2) is 0 Å². The fourth-order valence-corrected chi connectivity index (χ4v) is 1.89. The molecule has 0 aliphatic carbocycles. The van der Waals surface area contributed by atoms with Gasteiger partial charge in [-0.15, -0.1) is 0 Å². The number of aliphatic hydroxyl groups excluding tert-OH is 1. The van der Waals surface area contributed by atoms with Gasteiger partial charge in [-0.2, -0.15) is 0 Å². The highest BCUT2D eigenvalue weighted by molar-refractivity contribution is 5.96. The largest absolute Gasteiger partial charge is 0.395 e. The summed E-state index contributed by atoms with van der Waals surface area (Å²) in [5, 5.41) is 14.0. The molecule has 0 aromatic heterocycles. The van der Waals surface area contributed by atoms with Gasteiger partial charge in [-0.05, 0) is 30.2 Å². The number of carbonyl (C=O) groups excluding carboxylic acids is 2.